The lowest BCUT2D eigenvalue weighted by atomic mass is 9.92. The molecule has 0 radical (unpaired) electrons. The SMILES string of the molecule is CC(Cc1ccccc1)C(=O)NC1(C)CC1(C)c1cnc2c(F)cccc2c1. The normalized spacial score (nSPS) is 24.7. The molecule has 144 valence electrons. The first-order valence-electron chi connectivity index (χ1n) is 9.73. The van der Waals surface area contributed by atoms with Crippen molar-refractivity contribution in [1.82, 2.24) is 10.3 Å². The average Bonchev–Trinajstić information content (AvgIpc) is 3.24. The van der Waals surface area contributed by atoms with E-state index in [1.165, 1.54) is 6.07 Å². The molecule has 1 heterocycles. The van der Waals surface area contributed by atoms with E-state index < -0.39 is 0 Å². The zero-order chi connectivity index (χ0) is 19.9. The molecule has 0 saturated heterocycles. The van der Waals surface area contributed by atoms with Crippen molar-refractivity contribution in [3.63, 3.8) is 0 Å². The van der Waals surface area contributed by atoms with E-state index in [-0.39, 0.29) is 28.6 Å². The van der Waals surface area contributed by atoms with Gasteiger partial charge in [0.2, 0.25) is 5.91 Å². The molecular weight excluding hydrogens is 351 g/mol. The molecular formula is C24H25FN2O. The van der Waals surface area contributed by atoms with Crippen LogP contribution < -0.4 is 5.32 Å². The van der Waals surface area contributed by atoms with Crippen molar-refractivity contribution >= 4 is 16.8 Å². The number of para-hydroxylation sites is 1. The standard InChI is InChI=1S/C24H25FN2O/c1-16(12-17-8-5-4-6-9-17)22(28)27-24(3)15-23(24,2)19-13-18-10-7-11-20(25)21(18)26-14-19/h4-11,13-14,16H,12,15H2,1-3H3,(H,27,28). The molecule has 4 heteroatoms. The summed E-state index contributed by atoms with van der Waals surface area (Å²) in [7, 11) is 0. The van der Waals surface area contributed by atoms with Gasteiger partial charge in [-0.25, -0.2) is 4.39 Å². The molecule has 1 saturated carbocycles. The van der Waals surface area contributed by atoms with Crippen LogP contribution in [0.1, 0.15) is 38.3 Å². The van der Waals surface area contributed by atoms with Gasteiger partial charge in [0.1, 0.15) is 11.3 Å². The van der Waals surface area contributed by atoms with E-state index in [4.69, 9.17) is 0 Å². The lowest BCUT2D eigenvalue weighted by Gasteiger charge is -2.23. The summed E-state index contributed by atoms with van der Waals surface area (Å²) in [5.41, 5.74) is 2.05. The summed E-state index contributed by atoms with van der Waals surface area (Å²) in [6.45, 7) is 6.18. The minimum atomic E-state index is -0.322. The molecule has 28 heavy (non-hydrogen) atoms. The van der Waals surface area contributed by atoms with Crippen molar-refractivity contribution in [3.05, 3.63) is 77.7 Å². The van der Waals surface area contributed by atoms with Crippen molar-refractivity contribution in [3.8, 4) is 0 Å². The van der Waals surface area contributed by atoms with Crippen LogP contribution in [0.15, 0.2) is 60.8 Å². The van der Waals surface area contributed by atoms with Crippen LogP contribution >= 0.6 is 0 Å². The van der Waals surface area contributed by atoms with E-state index in [1.54, 1.807) is 12.3 Å². The molecule has 1 aliphatic rings. The highest BCUT2D eigenvalue weighted by atomic mass is 19.1. The fourth-order valence-corrected chi connectivity index (χ4v) is 4.15. The van der Waals surface area contributed by atoms with Gasteiger partial charge in [0.25, 0.3) is 0 Å². The lowest BCUT2D eigenvalue weighted by molar-refractivity contribution is -0.125. The Labute approximate surface area is 165 Å². The van der Waals surface area contributed by atoms with Gasteiger partial charge in [0.15, 0.2) is 0 Å². The van der Waals surface area contributed by atoms with Gasteiger partial charge in [-0.1, -0.05) is 56.3 Å². The number of carbonyl (C=O) groups is 1. The van der Waals surface area contributed by atoms with Crippen LogP contribution in [0.4, 0.5) is 4.39 Å². The van der Waals surface area contributed by atoms with Crippen molar-refractivity contribution in [2.24, 2.45) is 5.92 Å². The van der Waals surface area contributed by atoms with Crippen LogP contribution in [0.25, 0.3) is 10.9 Å². The number of hydrogen-bond acceptors (Lipinski definition) is 2. The van der Waals surface area contributed by atoms with Crippen LogP contribution in [0, 0.1) is 11.7 Å². The number of hydrogen-bond donors (Lipinski definition) is 1. The number of aromatic nitrogens is 1. The topological polar surface area (TPSA) is 42.0 Å². The summed E-state index contributed by atoms with van der Waals surface area (Å²) in [6.07, 6.45) is 3.30. The molecule has 1 amide bonds. The second kappa shape index (κ2) is 6.69. The predicted molar refractivity (Wildman–Crippen MR) is 110 cm³/mol. The van der Waals surface area contributed by atoms with Gasteiger partial charge in [-0.2, -0.15) is 0 Å². The number of fused-ring (bicyclic) bond motifs is 1. The number of pyridine rings is 1. The summed E-state index contributed by atoms with van der Waals surface area (Å²) < 4.78 is 13.9. The number of carbonyl (C=O) groups excluding carboxylic acids is 1. The van der Waals surface area contributed by atoms with E-state index in [0.29, 0.717) is 5.52 Å². The molecule has 3 unspecified atom stereocenters. The van der Waals surface area contributed by atoms with Gasteiger partial charge in [-0.05, 0) is 43.0 Å². The molecule has 3 nitrogen and oxygen atoms in total. The van der Waals surface area contributed by atoms with Gasteiger partial charge in [-0.3, -0.25) is 9.78 Å². The molecule has 1 fully saturated rings. The Morgan fingerprint density at radius 3 is 2.68 bits per heavy atom. The third-order valence-electron chi connectivity index (χ3n) is 6.33. The Balaban J connectivity index is 1.50. The van der Waals surface area contributed by atoms with Crippen LogP contribution in [0.5, 0.6) is 0 Å². The van der Waals surface area contributed by atoms with Gasteiger partial charge >= 0.3 is 0 Å². The van der Waals surface area contributed by atoms with Crippen molar-refractivity contribution in [2.75, 3.05) is 0 Å². The second-order valence-corrected chi connectivity index (χ2v) is 8.46. The molecule has 1 aliphatic carbocycles. The fraction of sp³-hybridized carbons (Fsp3) is 0.333. The molecule has 3 atom stereocenters. The van der Waals surface area contributed by atoms with Gasteiger partial charge in [0.05, 0.1) is 0 Å². The lowest BCUT2D eigenvalue weighted by Crippen LogP contribution is -2.42. The Hall–Kier alpha value is -2.75. The van der Waals surface area contributed by atoms with Gasteiger partial charge < -0.3 is 5.32 Å². The number of benzene rings is 2. The molecule has 0 spiro atoms. The quantitative estimate of drug-likeness (QED) is 0.696. The van der Waals surface area contributed by atoms with Crippen molar-refractivity contribution in [1.29, 1.82) is 0 Å². The predicted octanol–water partition coefficient (Wildman–Crippen LogP) is 4.79. The van der Waals surface area contributed by atoms with Crippen LogP contribution in [0.2, 0.25) is 0 Å². The maximum Gasteiger partial charge on any atom is 0.223 e. The molecule has 0 bridgehead atoms. The number of nitrogens with one attached hydrogen (secondary N) is 1. The van der Waals surface area contributed by atoms with E-state index in [2.05, 4.69) is 24.1 Å². The third-order valence-corrected chi connectivity index (χ3v) is 6.33. The van der Waals surface area contributed by atoms with Crippen LogP contribution in [-0.2, 0) is 16.6 Å². The number of amides is 1. The highest BCUT2D eigenvalue weighted by molar-refractivity contribution is 5.82. The maximum absolute atomic E-state index is 13.9. The van der Waals surface area contributed by atoms with Crippen molar-refractivity contribution < 1.29 is 9.18 Å². The molecule has 1 aromatic heterocycles. The number of nitrogens with zero attached hydrogens (tertiary/aromatic N) is 1. The third kappa shape index (κ3) is 3.17. The van der Waals surface area contributed by atoms with Gasteiger partial charge in [-0.15, -0.1) is 0 Å². The first kappa shape index (κ1) is 18.6. The monoisotopic (exact) mass is 376 g/mol. The summed E-state index contributed by atoms with van der Waals surface area (Å²) in [5.74, 6) is -0.349. The summed E-state index contributed by atoms with van der Waals surface area (Å²) >= 11 is 0. The van der Waals surface area contributed by atoms with Crippen LogP contribution in [-0.4, -0.2) is 16.4 Å². The highest BCUT2D eigenvalue weighted by Crippen LogP contribution is 2.57. The second-order valence-electron chi connectivity index (χ2n) is 8.46. The van der Waals surface area contributed by atoms with E-state index in [9.17, 15) is 9.18 Å². The Morgan fingerprint density at radius 2 is 1.93 bits per heavy atom. The molecule has 4 rings (SSSR count). The molecule has 2 aromatic carbocycles. The van der Waals surface area contributed by atoms with Gasteiger partial charge in [0, 0.05) is 28.5 Å². The zero-order valence-corrected chi connectivity index (χ0v) is 16.5. The molecule has 1 N–H and O–H groups in total. The summed E-state index contributed by atoms with van der Waals surface area (Å²) in [6, 6.07) is 17.1. The molecule has 0 aliphatic heterocycles. The number of halogens is 1. The maximum atomic E-state index is 13.9. The molecule has 3 aromatic rings. The Kier molecular flexibility index (Phi) is 4.45. The van der Waals surface area contributed by atoms with E-state index in [0.717, 1.165) is 29.4 Å². The first-order chi connectivity index (χ1) is 13.3. The highest BCUT2D eigenvalue weighted by Gasteiger charge is 2.63. The van der Waals surface area contributed by atoms with E-state index >= 15 is 0 Å². The Morgan fingerprint density at radius 1 is 1.18 bits per heavy atom. The van der Waals surface area contributed by atoms with Crippen LogP contribution in [0.3, 0.4) is 0 Å². The minimum Gasteiger partial charge on any atom is -0.350 e. The Bertz CT molecular complexity index is 1040. The van der Waals surface area contributed by atoms with E-state index in [1.807, 2.05) is 49.4 Å². The fourth-order valence-electron chi connectivity index (χ4n) is 4.15. The van der Waals surface area contributed by atoms with Crippen molar-refractivity contribution in [2.45, 2.75) is 44.6 Å². The first-order valence-corrected chi connectivity index (χ1v) is 9.73. The number of rotatable bonds is 5. The zero-order valence-electron chi connectivity index (χ0n) is 16.5. The summed E-state index contributed by atoms with van der Waals surface area (Å²) in [4.78, 5) is 17.1. The smallest absolute Gasteiger partial charge is 0.223 e. The summed E-state index contributed by atoms with van der Waals surface area (Å²) in [5, 5.41) is 4.05. The average molecular weight is 376 g/mol. The largest absolute Gasteiger partial charge is 0.350 e. The minimum absolute atomic E-state index is 0.0647.